The molecule has 8 heteroatoms. The van der Waals surface area contributed by atoms with Gasteiger partial charge in [0.25, 0.3) is 5.91 Å². The van der Waals surface area contributed by atoms with Gasteiger partial charge in [-0.2, -0.15) is 13.2 Å². The van der Waals surface area contributed by atoms with E-state index in [2.05, 4.69) is 21.2 Å². The Morgan fingerprint density at radius 2 is 1.96 bits per heavy atom. The standard InChI is InChI=1S/C16H12BrClF3NO2/c1-2-24-14-12(17)7-9(18)8-13(14)22-15(23)10-5-3-4-6-11(10)16(19,20)21/h3-8H,2H2,1H3,(H,22,23). The zero-order valence-corrected chi connectivity index (χ0v) is 14.7. The maximum Gasteiger partial charge on any atom is 0.417 e. The summed E-state index contributed by atoms with van der Waals surface area (Å²) in [6.45, 7) is 2.05. The zero-order chi connectivity index (χ0) is 17.9. The summed E-state index contributed by atoms with van der Waals surface area (Å²) >= 11 is 9.19. The van der Waals surface area contributed by atoms with Crippen LogP contribution < -0.4 is 10.1 Å². The maximum atomic E-state index is 13.0. The molecule has 0 aliphatic carbocycles. The van der Waals surface area contributed by atoms with E-state index in [4.69, 9.17) is 16.3 Å². The Labute approximate surface area is 149 Å². The molecule has 0 bridgehead atoms. The summed E-state index contributed by atoms with van der Waals surface area (Å²) in [5.74, 6) is -0.613. The molecule has 0 fully saturated rings. The Morgan fingerprint density at radius 3 is 2.58 bits per heavy atom. The van der Waals surface area contributed by atoms with Gasteiger partial charge in [-0.25, -0.2) is 0 Å². The molecule has 3 nitrogen and oxygen atoms in total. The normalized spacial score (nSPS) is 11.2. The highest BCUT2D eigenvalue weighted by Crippen LogP contribution is 2.37. The van der Waals surface area contributed by atoms with Gasteiger partial charge in [-0.1, -0.05) is 23.7 Å². The molecule has 0 saturated carbocycles. The molecule has 0 radical (unpaired) electrons. The fourth-order valence-corrected chi connectivity index (χ4v) is 2.99. The molecule has 0 spiro atoms. The number of ether oxygens (including phenoxy) is 1. The second-order valence-electron chi connectivity index (χ2n) is 4.69. The van der Waals surface area contributed by atoms with Crippen LogP contribution in [-0.4, -0.2) is 12.5 Å². The number of nitrogens with one attached hydrogen (secondary N) is 1. The number of anilines is 1. The molecule has 0 unspecified atom stereocenters. The molecule has 24 heavy (non-hydrogen) atoms. The van der Waals surface area contributed by atoms with Crippen LogP contribution in [0.3, 0.4) is 0 Å². The zero-order valence-electron chi connectivity index (χ0n) is 12.4. The summed E-state index contributed by atoms with van der Waals surface area (Å²) in [4.78, 5) is 12.3. The van der Waals surface area contributed by atoms with Gasteiger partial charge in [0, 0.05) is 5.02 Å². The molecule has 1 N–H and O–H groups in total. The number of benzene rings is 2. The van der Waals surface area contributed by atoms with Crippen molar-refractivity contribution in [3.63, 3.8) is 0 Å². The summed E-state index contributed by atoms with van der Waals surface area (Å²) in [5, 5.41) is 2.72. The molecule has 2 aromatic carbocycles. The fraction of sp³-hybridized carbons (Fsp3) is 0.188. The number of carbonyl (C=O) groups excluding carboxylic acids is 1. The first-order valence-electron chi connectivity index (χ1n) is 6.83. The van der Waals surface area contributed by atoms with Crippen molar-refractivity contribution in [3.05, 3.63) is 57.0 Å². The van der Waals surface area contributed by atoms with Gasteiger partial charge in [0.05, 0.1) is 27.9 Å². The average Bonchev–Trinajstić information content (AvgIpc) is 2.49. The van der Waals surface area contributed by atoms with Crippen LogP contribution in [0.15, 0.2) is 40.9 Å². The third-order valence-corrected chi connectivity index (χ3v) is 3.83. The van der Waals surface area contributed by atoms with E-state index in [1.54, 1.807) is 13.0 Å². The van der Waals surface area contributed by atoms with Crippen LogP contribution in [0.2, 0.25) is 5.02 Å². The number of hydrogen-bond donors (Lipinski definition) is 1. The second-order valence-corrected chi connectivity index (χ2v) is 5.99. The van der Waals surface area contributed by atoms with Gasteiger partial charge in [-0.3, -0.25) is 4.79 Å². The Morgan fingerprint density at radius 1 is 1.29 bits per heavy atom. The summed E-state index contributed by atoms with van der Waals surface area (Å²) in [7, 11) is 0. The van der Waals surface area contributed by atoms with Crippen LogP contribution in [0, 0.1) is 0 Å². The molecule has 0 saturated heterocycles. The SMILES string of the molecule is CCOc1c(Br)cc(Cl)cc1NC(=O)c1ccccc1C(F)(F)F. The van der Waals surface area contributed by atoms with Gasteiger partial charge in [0.15, 0.2) is 5.75 Å². The van der Waals surface area contributed by atoms with Crippen molar-refractivity contribution in [3.8, 4) is 5.75 Å². The third kappa shape index (κ3) is 4.21. The number of halogens is 5. The van der Waals surface area contributed by atoms with E-state index in [1.807, 2.05) is 0 Å². The lowest BCUT2D eigenvalue weighted by molar-refractivity contribution is -0.137. The van der Waals surface area contributed by atoms with Crippen molar-refractivity contribution < 1.29 is 22.7 Å². The van der Waals surface area contributed by atoms with Crippen molar-refractivity contribution in [1.29, 1.82) is 0 Å². The third-order valence-electron chi connectivity index (χ3n) is 3.02. The fourth-order valence-electron chi connectivity index (χ4n) is 2.06. The predicted octanol–water partition coefficient (Wildman–Crippen LogP) is 5.77. The summed E-state index contributed by atoms with van der Waals surface area (Å²) in [5.41, 5.74) is -1.32. The maximum absolute atomic E-state index is 13.0. The Hall–Kier alpha value is -1.73. The Bertz CT molecular complexity index is 765. The molecule has 0 aliphatic heterocycles. The highest BCUT2D eigenvalue weighted by Gasteiger charge is 2.35. The van der Waals surface area contributed by atoms with Gasteiger partial charge in [-0.15, -0.1) is 0 Å². The van der Waals surface area contributed by atoms with E-state index >= 15 is 0 Å². The number of alkyl halides is 3. The number of carbonyl (C=O) groups is 1. The van der Waals surface area contributed by atoms with Crippen molar-refractivity contribution >= 4 is 39.1 Å². The molecule has 2 aromatic rings. The molecule has 0 aromatic heterocycles. The summed E-state index contributed by atoms with van der Waals surface area (Å²) in [6, 6.07) is 7.52. The van der Waals surface area contributed by atoms with E-state index in [0.717, 1.165) is 12.1 Å². The van der Waals surface area contributed by atoms with E-state index < -0.39 is 23.2 Å². The largest absolute Gasteiger partial charge is 0.491 e. The lowest BCUT2D eigenvalue weighted by Crippen LogP contribution is -2.19. The van der Waals surface area contributed by atoms with Gasteiger partial charge < -0.3 is 10.1 Å². The first-order valence-corrected chi connectivity index (χ1v) is 8.00. The highest BCUT2D eigenvalue weighted by atomic mass is 79.9. The monoisotopic (exact) mass is 421 g/mol. The van der Waals surface area contributed by atoms with E-state index in [0.29, 0.717) is 21.9 Å². The van der Waals surface area contributed by atoms with Crippen molar-refractivity contribution in [2.75, 3.05) is 11.9 Å². The molecule has 2 rings (SSSR count). The van der Waals surface area contributed by atoms with Crippen LogP contribution in [0.1, 0.15) is 22.8 Å². The predicted molar refractivity (Wildman–Crippen MR) is 89.7 cm³/mol. The second kappa shape index (κ2) is 7.44. The lowest BCUT2D eigenvalue weighted by atomic mass is 10.1. The topological polar surface area (TPSA) is 38.3 Å². The number of hydrogen-bond acceptors (Lipinski definition) is 2. The van der Waals surface area contributed by atoms with E-state index in [9.17, 15) is 18.0 Å². The molecular weight excluding hydrogens is 411 g/mol. The minimum absolute atomic E-state index is 0.179. The highest BCUT2D eigenvalue weighted by molar-refractivity contribution is 9.10. The Kier molecular flexibility index (Phi) is 5.77. The summed E-state index contributed by atoms with van der Waals surface area (Å²) in [6.07, 6.45) is -4.63. The van der Waals surface area contributed by atoms with Crippen LogP contribution in [0.25, 0.3) is 0 Å². The minimum Gasteiger partial charge on any atom is -0.491 e. The van der Waals surface area contributed by atoms with Crippen LogP contribution >= 0.6 is 27.5 Å². The lowest BCUT2D eigenvalue weighted by Gasteiger charge is -2.16. The first-order chi connectivity index (χ1) is 11.2. The first kappa shape index (κ1) is 18.6. The van der Waals surface area contributed by atoms with Gasteiger partial charge in [0.2, 0.25) is 0 Å². The van der Waals surface area contributed by atoms with Gasteiger partial charge in [-0.05, 0) is 47.1 Å². The van der Waals surface area contributed by atoms with Crippen molar-refractivity contribution in [2.24, 2.45) is 0 Å². The van der Waals surface area contributed by atoms with Gasteiger partial charge in [0.1, 0.15) is 0 Å². The molecular formula is C16H12BrClF3NO2. The van der Waals surface area contributed by atoms with Crippen molar-refractivity contribution in [1.82, 2.24) is 0 Å². The number of amides is 1. The molecule has 0 heterocycles. The van der Waals surface area contributed by atoms with Crippen LogP contribution in [0.5, 0.6) is 5.75 Å². The van der Waals surface area contributed by atoms with Crippen LogP contribution in [-0.2, 0) is 6.18 Å². The number of rotatable bonds is 4. The molecule has 128 valence electrons. The van der Waals surface area contributed by atoms with Gasteiger partial charge >= 0.3 is 6.18 Å². The molecule has 1 amide bonds. The molecule has 0 aliphatic rings. The quantitative estimate of drug-likeness (QED) is 0.679. The van der Waals surface area contributed by atoms with Crippen LogP contribution in [0.4, 0.5) is 18.9 Å². The smallest absolute Gasteiger partial charge is 0.417 e. The van der Waals surface area contributed by atoms with E-state index in [1.165, 1.54) is 18.2 Å². The molecule has 0 atom stereocenters. The minimum atomic E-state index is -4.63. The Balaban J connectivity index is 2.41. The average molecular weight is 423 g/mol. The van der Waals surface area contributed by atoms with Crippen molar-refractivity contribution in [2.45, 2.75) is 13.1 Å². The van der Waals surface area contributed by atoms with E-state index in [-0.39, 0.29) is 5.69 Å². The summed E-state index contributed by atoms with van der Waals surface area (Å²) < 4.78 is 45.0.